The number of anilines is 1. The molecule has 0 fully saturated rings. The van der Waals surface area contributed by atoms with Crippen LogP contribution in [0.1, 0.15) is 45.0 Å². The van der Waals surface area contributed by atoms with E-state index in [9.17, 15) is 14.4 Å². The van der Waals surface area contributed by atoms with E-state index < -0.39 is 11.9 Å². The van der Waals surface area contributed by atoms with Crippen molar-refractivity contribution in [1.29, 1.82) is 0 Å². The minimum Gasteiger partial charge on any atom is -0.457 e. The molecule has 38 heavy (non-hydrogen) atoms. The van der Waals surface area contributed by atoms with Gasteiger partial charge in [0.05, 0.1) is 17.0 Å². The highest BCUT2D eigenvalue weighted by molar-refractivity contribution is 6.31. The molecule has 7 heteroatoms. The summed E-state index contributed by atoms with van der Waals surface area (Å²) in [5.74, 6) is 0.637. The predicted octanol–water partition coefficient (Wildman–Crippen LogP) is 7.19. The van der Waals surface area contributed by atoms with Crippen molar-refractivity contribution in [3.05, 3.63) is 135 Å². The lowest BCUT2D eigenvalue weighted by Gasteiger charge is -2.25. The van der Waals surface area contributed by atoms with Crippen molar-refractivity contribution in [2.45, 2.75) is 13.0 Å². The van der Waals surface area contributed by atoms with Gasteiger partial charge < -0.3 is 9.15 Å². The molecule has 4 aromatic carbocycles. The summed E-state index contributed by atoms with van der Waals surface area (Å²) in [5.41, 5.74) is 1.86. The van der Waals surface area contributed by atoms with Crippen LogP contribution in [0.2, 0.25) is 5.02 Å². The fraction of sp³-hybridized carbons (Fsp3) is 0.0645. The molecule has 2 heterocycles. The van der Waals surface area contributed by atoms with Crippen molar-refractivity contribution in [2.24, 2.45) is 0 Å². The van der Waals surface area contributed by atoms with Crippen molar-refractivity contribution < 1.29 is 18.7 Å². The molecule has 1 aliphatic heterocycles. The first kappa shape index (κ1) is 23.7. The van der Waals surface area contributed by atoms with Gasteiger partial charge in [-0.15, -0.1) is 0 Å². The fourth-order valence-electron chi connectivity index (χ4n) is 4.76. The minimum atomic E-state index is -0.792. The number of carbonyl (C=O) groups is 2. The molecule has 1 aromatic heterocycles. The Bertz CT molecular complexity index is 1780. The van der Waals surface area contributed by atoms with Gasteiger partial charge in [0.1, 0.15) is 17.1 Å². The molecule has 0 aliphatic carbocycles. The van der Waals surface area contributed by atoms with Crippen LogP contribution in [0, 0.1) is 0 Å². The SMILES string of the molecule is CC(=O)c1ccc(N2C(=O)c3oc4ccc(Cl)cc4c(=O)c3C2c2cccc(Oc3ccccc3)c2)cc1. The maximum absolute atomic E-state index is 13.8. The van der Waals surface area contributed by atoms with Gasteiger partial charge in [0.15, 0.2) is 11.2 Å². The van der Waals surface area contributed by atoms with Gasteiger partial charge >= 0.3 is 0 Å². The van der Waals surface area contributed by atoms with Crippen LogP contribution < -0.4 is 15.1 Å². The zero-order valence-corrected chi connectivity index (χ0v) is 20.9. The van der Waals surface area contributed by atoms with Gasteiger partial charge in [-0.05, 0) is 79.2 Å². The van der Waals surface area contributed by atoms with E-state index in [4.69, 9.17) is 20.8 Å². The van der Waals surface area contributed by atoms with Crippen molar-refractivity contribution in [3.63, 3.8) is 0 Å². The summed E-state index contributed by atoms with van der Waals surface area (Å²) < 4.78 is 12.0. The maximum Gasteiger partial charge on any atom is 0.295 e. The standard InChI is InChI=1S/C31H20ClNO5/c1-18(34)19-10-13-22(14-11-19)33-28(20-6-5-9-24(16-20)37-23-7-3-2-4-8-23)27-29(35)25-17-21(32)12-15-26(25)38-30(27)31(33)36/h2-17,28H,1H3. The van der Waals surface area contributed by atoms with E-state index in [0.29, 0.717) is 38.7 Å². The predicted molar refractivity (Wildman–Crippen MR) is 146 cm³/mol. The minimum absolute atomic E-state index is 0.0279. The van der Waals surface area contributed by atoms with Gasteiger partial charge in [-0.2, -0.15) is 0 Å². The fourth-order valence-corrected chi connectivity index (χ4v) is 4.93. The highest BCUT2D eigenvalue weighted by Gasteiger charge is 2.43. The van der Waals surface area contributed by atoms with Crippen LogP contribution >= 0.6 is 11.6 Å². The Morgan fingerprint density at radius 1 is 0.868 bits per heavy atom. The zero-order valence-electron chi connectivity index (χ0n) is 20.2. The molecule has 0 spiro atoms. The number of rotatable bonds is 5. The molecule has 186 valence electrons. The van der Waals surface area contributed by atoms with Crippen LogP contribution in [0.25, 0.3) is 11.0 Å². The number of hydrogen-bond donors (Lipinski definition) is 0. The van der Waals surface area contributed by atoms with Gasteiger partial charge in [-0.1, -0.05) is 41.9 Å². The molecule has 0 N–H and O–H groups in total. The molecular weight excluding hydrogens is 502 g/mol. The third-order valence-corrected chi connectivity index (χ3v) is 6.77. The van der Waals surface area contributed by atoms with Crippen molar-refractivity contribution in [2.75, 3.05) is 4.90 Å². The lowest BCUT2D eigenvalue weighted by atomic mass is 9.98. The molecule has 6 rings (SSSR count). The number of ether oxygens (including phenoxy) is 1. The Labute approximate surface area is 222 Å². The summed E-state index contributed by atoms with van der Waals surface area (Å²) in [4.78, 5) is 41.0. The number of para-hydroxylation sites is 1. The summed E-state index contributed by atoms with van der Waals surface area (Å²) in [6.07, 6.45) is 0. The normalized spacial score (nSPS) is 14.5. The van der Waals surface area contributed by atoms with Crippen molar-refractivity contribution in [1.82, 2.24) is 0 Å². The highest BCUT2D eigenvalue weighted by atomic mass is 35.5. The number of hydrogen-bond acceptors (Lipinski definition) is 5. The molecule has 1 unspecified atom stereocenters. The molecule has 0 radical (unpaired) electrons. The Balaban J connectivity index is 1.54. The molecule has 0 saturated carbocycles. The Hall–Kier alpha value is -4.68. The van der Waals surface area contributed by atoms with Crippen LogP contribution in [-0.4, -0.2) is 11.7 Å². The number of amides is 1. The van der Waals surface area contributed by atoms with Crippen LogP contribution in [0.4, 0.5) is 5.69 Å². The van der Waals surface area contributed by atoms with Crippen LogP contribution in [0.5, 0.6) is 11.5 Å². The van der Waals surface area contributed by atoms with E-state index in [0.717, 1.165) is 0 Å². The molecule has 1 amide bonds. The lowest BCUT2D eigenvalue weighted by Crippen LogP contribution is -2.29. The first-order chi connectivity index (χ1) is 18.4. The van der Waals surface area contributed by atoms with E-state index >= 15 is 0 Å². The van der Waals surface area contributed by atoms with Gasteiger partial charge in [0, 0.05) is 16.3 Å². The zero-order chi connectivity index (χ0) is 26.4. The molecule has 0 saturated heterocycles. The second kappa shape index (κ2) is 9.32. The number of fused-ring (bicyclic) bond motifs is 2. The summed E-state index contributed by atoms with van der Waals surface area (Å²) in [5, 5.41) is 0.681. The molecular formula is C31H20ClNO5. The monoisotopic (exact) mass is 521 g/mol. The van der Waals surface area contributed by atoms with Crippen molar-refractivity contribution in [3.8, 4) is 11.5 Å². The number of carbonyl (C=O) groups excluding carboxylic acids is 2. The maximum atomic E-state index is 13.8. The van der Waals surface area contributed by atoms with E-state index in [-0.39, 0.29) is 28.1 Å². The first-order valence-corrected chi connectivity index (χ1v) is 12.3. The Morgan fingerprint density at radius 3 is 2.34 bits per heavy atom. The average Bonchev–Trinajstić information content (AvgIpc) is 3.22. The molecule has 0 bridgehead atoms. The molecule has 1 atom stereocenters. The Kier molecular flexibility index (Phi) is 5.81. The smallest absolute Gasteiger partial charge is 0.295 e. The lowest BCUT2D eigenvalue weighted by molar-refractivity contribution is 0.0970. The van der Waals surface area contributed by atoms with Gasteiger partial charge in [0.2, 0.25) is 5.76 Å². The number of halogens is 1. The topological polar surface area (TPSA) is 76.8 Å². The van der Waals surface area contributed by atoms with E-state index in [1.807, 2.05) is 48.5 Å². The first-order valence-electron chi connectivity index (χ1n) is 11.9. The van der Waals surface area contributed by atoms with Gasteiger partial charge in [-0.3, -0.25) is 19.3 Å². The summed E-state index contributed by atoms with van der Waals surface area (Å²) in [6, 6.07) is 27.2. The molecule has 5 aromatic rings. The number of ketones is 1. The second-order valence-electron chi connectivity index (χ2n) is 8.98. The highest BCUT2D eigenvalue weighted by Crippen LogP contribution is 2.42. The van der Waals surface area contributed by atoms with Gasteiger partial charge in [0.25, 0.3) is 5.91 Å². The summed E-state index contributed by atoms with van der Waals surface area (Å²) in [7, 11) is 0. The summed E-state index contributed by atoms with van der Waals surface area (Å²) >= 11 is 6.18. The van der Waals surface area contributed by atoms with Gasteiger partial charge in [-0.25, -0.2) is 0 Å². The second-order valence-corrected chi connectivity index (χ2v) is 9.42. The molecule has 6 nitrogen and oxygen atoms in total. The van der Waals surface area contributed by atoms with Crippen LogP contribution in [0.15, 0.2) is 106 Å². The van der Waals surface area contributed by atoms with Crippen LogP contribution in [0.3, 0.4) is 0 Å². The third-order valence-electron chi connectivity index (χ3n) is 6.54. The summed E-state index contributed by atoms with van der Waals surface area (Å²) in [6.45, 7) is 1.48. The average molecular weight is 522 g/mol. The molecule has 1 aliphatic rings. The Morgan fingerprint density at radius 2 is 1.61 bits per heavy atom. The largest absolute Gasteiger partial charge is 0.457 e. The number of nitrogens with zero attached hydrogens (tertiary/aromatic N) is 1. The van der Waals surface area contributed by atoms with E-state index in [2.05, 4.69) is 0 Å². The quantitative estimate of drug-likeness (QED) is 0.229. The number of benzene rings is 4. The number of Topliss-reactive ketones (excluding diaryl/α,β-unsaturated/α-hetero) is 1. The van der Waals surface area contributed by atoms with E-state index in [1.54, 1.807) is 48.5 Å². The third kappa shape index (κ3) is 4.05. The van der Waals surface area contributed by atoms with Crippen LogP contribution in [-0.2, 0) is 0 Å². The van der Waals surface area contributed by atoms with Crippen molar-refractivity contribution >= 4 is 39.9 Å². The van der Waals surface area contributed by atoms with E-state index in [1.165, 1.54) is 11.8 Å².